The van der Waals surface area contributed by atoms with E-state index in [1.54, 1.807) is 17.0 Å². The van der Waals surface area contributed by atoms with Crippen molar-refractivity contribution in [2.45, 2.75) is 38.8 Å². The second-order valence-corrected chi connectivity index (χ2v) is 9.57. The number of carbonyl (C=O) groups is 1. The van der Waals surface area contributed by atoms with Crippen LogP contribution in [0.2, 0.25) is 5.02 Å². The lowest BCUT2D eigenvalue weighted by Gasteiger charge is -2.20. The predicted octanol–water partition coefficient (Wildman–Crippen LogP) is 5.27. The van der Waals surface area contributed by atoms with Crippen molar-refractivity contribution in [3.8, 4) is 5.75 Å². The van der Waals surface area contributed by atoms with Crippen LogP contribution >= 0.6 is 11.6 Å². The van der Waals surface area contributed by atoms with Crippen LogP contribution in [0.1, 0.15) is 29.3 Å². The van der Waals surface area contributed by atoms with Gasteiger partial charge in [-0.15, -0.1) is 0 Å². The molecule has 0 unspecified atom stereocenters. The number of aryl methyl sites for hydroxylation is 2. The van der Waals surface area contributed by atoms with Gasteiger partial charge in [-0.2, -0.15) is 0 Å². The molecule has 6 nitrogen and oxygen atoms in total. The third-order valence-corrected chi connectivity index (χ3v) is 6.79. The highest BCUT2D eigenvalue weighted by atomic mass is 35.5. The molecule has 180 valence electrons. The maximum Gasteiger partial charge on any atom is 0.227 e. The minimum atomic E-state index is -0.741. The van der Waals surface area contributed by atoms with Crippen molar-refractivity contribution >= 4 is 34.2 Å². The molecule has 4 aromatic rings. The molecule has 1 amide bonds. The number of anilines is 1. The summed E-state index contributed by atoms with van der Waals surface area (Å²) in [6.45, 7) is 5.02. The first kappa shape index (κ1) is 23.4. The monoisotopic (exact) mass is 489 g/mol. The first-order valence-corrected chi connectivity index (χ1v) is 12.2. The molecule has 2 atom stereocenters. The van der Waals surface area contributed by atoms with Gasteiger partial charge in [0.05, 0.1) is 17.6 Å². The number of fused-ring (bicyclic) bond motifs is 1. The highest BCUT2D eigenvalue weighted by molar-refractivity contribution is 6.30. The highest BCUT2D eigenvalue weighted by Gasteiger charge is 2.35. The summed E-state index contributed by atoms with van der Waals surface area (Å²) in [5.41, 5.74) is 4.69. The Kier molecular flexibility index (Phi) is 6.50. The summed E-state index contributed by atoms with van der Waals surface area (Å²) in [5.74, 6) is 1.58. The molecule has 0 spiro atoms. The number of hydrogen-bond donors (Lipinski definition) is 1. The Morgan fingerprint density at radius 1 is 1.06 bits per heavy atom. The third-order valence-electron chi connectivity index (χ3n) is 6.53. The minimum absolute atomic E-state index is 0.0508. The summed E-state index contributed by atoms with van der Waals surface area (Å²) in [6.07, 6.45) is -0.379. The maximum absolute atomic E-state index is 12.9. The molecule has 1 aromatic heterocycles. The molecule has 0 bridgehead atoms. The predicted molar refractivity (Wildman–Crippen MR) is 138 cm³/mol. The Hall–Kier alpha value is -3.35. The van der Waals surface area contributed by atoms with E-state index in [2.05, 4.69) is 0 Å². The van der Waals surface area contributed by atoms with Gasteiger partial charge in [-0.25, -0.2) is 4.98 Å². The fourth-order valence-corrected chi connectivity index (χ4v) is 4.94. The largest absolute Gasteiger partial charge is 0.490 e. The molecule has 2 heterocycles. The van der Waals surface area contributed by atoms with Crippen LogP contribution in [-0.2, 0) is 11.3 Å². The Morgan fingerprint density at radius 3 is 2.51 bits per heavy atom. The number of amides is 1. The van der Waals surface area contributed by atoms with E-state index >= 15 is 0 Å². The summed E-state index contributed by atoms with van der Waals surface area (Å²) in [7, 11) is 0. The quantitative estimate of drug-likeness (QED) is 0.384. The van der Waals surface area contributed by atoms with E-state index in [0.717, 1.165) is 39.4 Å². The van der Waals surface area contributed by atoms with Crippen LogP contribution in [-0.4, -0.2) is 39.8 Å². The van der Waals surface area contributed by atoms with Gasteiger partial charge >= 0.3 is 0 Å². The number of para-hydroxylation sites is 3. The standard InChI is InChI=1S/C28H28ClN3O3/c1-18-6-5-7-19(2)27(18)35-17-23(33)16-32-25-9-4-3-8-24(25)30-28(32)20-14-26(34)31(15-20)22-12-10-21(29)11-13-22/h3-13,20,23,33H,14-17H2,1-2H3/t20-,23+/m1/s1. The Balaban J connectivity index is 1.39. The summed E-state index contributed by atoms with van der Waals surface area (Å²) < 4.78 is 8.04. The van der Waals surface area contributed by atoms with Gasteiger partial charge < -0.3 is 19.3 Å². The first-order valence-electron chi connectivity index (χ1n) is 11.8. The van der Waals surface area contributed by atoms with Crippen molar-refractivity contribution < 1.29 is 14.6 Å². The number of rotatable bonds is 7. The van der Waals surface area contributed by atoms with E-state index in [9.17, 15) is 9.90 Å². The number of nitrogens with zero attached hydrogens (tertiary/aromatic N) is 3. The van der Waals surface area contributed by atoms with Gasteiger partial charge in [0, 0.05) is 29.6 Å². The van der Waals surface area contributed by atoms with Crippen LogP contribution in [0, 0.1) is 13.8 Å². The molecule has 1 saturated heterocycles. The highest BCUT2D eigenvalue weighted by Crippen LogP contribution is 2.34. The van der Waals surface area contributed by atoms with Gasteiger partial charge in [-0.3, -0.25) is 4.79 Å². The molecule has 1 aliphatic rings. The van der Waals surface area contributed by atoms with Crippen molar-refractivity contribution in [3.63, 3.8) is 0 Å². The lowest BCUT2D eigenvalue weighted by Crippen LogP contribution is -2.26. The Morgan fingerprint density at radius 2 is 1.77 bits per heavy atom. The summed E-state index contributed by atoms with van der Waals surface area (Å²) in [4.78, 5) is 19.6. The molecule has 3 aromatic carbocycles. The number of halogens is 1. The van der Waals surface area contributed by atoms with Gasteiger partial charge in [0.2, 0.25) is 5.91 Å². The van der Waals surface area contributed by atoms with Gasteiger partial charge in [0.1, 0.15) is 24.3 Å². The Bertz CT molecular complexity index is 1350. The van der Waals surface area contributed by atoms with E-state index < -0.39 is 6.10 Å². The van der Waals surface area contributed by atoms with Crippen molar-refractivity contribution in [1.29, 1.82) is 0 Å². The number of aliphatic hydroxyl groups is 1. The van der Waals surface area contributed by atoms with Crippen LogP contribution in [0.4, 0.5) is 5.69 Å². The molecular formula is C28H28ClN3O3. The third kappa shape index (κ3) is 4.77. The van der Waals surface area contributed by atoms with Crippen molar-refractivity contribution in [2.75, 3.05) is 18.1 Å². The van der Waals surface area contributed by atoms with E-state index in [1.807, 2.05) is 73.0 Å². The lowest BCUT2D eigenvalue weighted by molar-refractivity contribution is -0.117. The number of imidazole rings is 1. The topological polar surface area (TPSA) is 67.6 Å². The zero-order valence-corrected chi connectivity index (χ0v) is 20.6. The van der Waals surface area contributed by atoms with Crippen LogP contribution in [0.3, 0.4) is 0 Å². The number of carbonyl (C=O) groups excluding carboxylic acids is 1. The summed E-state index contributed by atoms with van der Waals surface area (Å²) in [5, 5.41) is 11.6. The minimum Gasteiger partial charge on any atom is -0.490 e. The normalized spacial score (nSPS) is 16.7. The zero-order valence-electron chi connectivity index (χ0n) is 19.8. The smallest absolute Gasteiger partial charge is 0.227 e. The fraction of sp³-hybridized carbons (Fsp3) is 0.286. The second kappa shape index (κ2) is 9.72. The van der Waals surface area contributed by atoms with E-state index in [1.165, 1.54) is 0 Å². The molecule has 0 radical (unpaired) electrons. The average molecular weight is 490 g/mol. The van der Waals surface area contributed by atoms with Crippen molar-refractivity contribution in [1.82, 2.24) is 9.55 Å². The number of ether oxygens (including phenoxy) is 1. The number of benzene rings is 3. The van der Waals surface area contributed by atoms with E-state index in [-0.39, 0.29) is 18.4 Å². The molecule has 5 rings (SSSR count). The van der Waals surface area contributed by atoms with Gasteiger partial charge in [-0.05, 0) is 61.4 Å². The number of aromatic nitrogens is 2. The van der Waals surface area contributed by atoms with Crippen LogP contribution in [0.5, 0.6) is 5.75 Å². The molecular weight excluding hydrogens is 462 g/mol. The average Bonchev–Trinajstić information content (AvgIpc) is 3.40. The van der Waals surface area contributed by atoms with Crippen LogP contribution in [0.15, 0.2) is 66.7 Å². The summed E-state index contributed by atoms with van der Waals surface area (Å²) >= 11 is 6.02. The number of hydrogen-bond acceptors (Lipinski definition) is 4. The van der Waals surface area contributed by atoms with Gasteiger partial charge in [0.15, 0.2) is 0 Å². The maximum atomic E-state index is 12.9. The van der Waals surface area contributed by atoms with Gasteiger partial charge in [0.25, 0.3) is 0 Å². The van der Waals surface area contributed by atoms with Crippen LogP contribution in [0.25, 0.3) is 11.0 Å². The van der Waals surface area contributed by atoms with Crippen molar-refractivity contribution in [2.24, 2.45) is 0 Å². The number of aliphatic hydroxyl groups excluding tert-OH is 1. The summed E-state index contributed by atoms with van der Waals surface area (Å²) in [6, 6.07) is 21.2. The fourth-order valence-electron chi connectivity index (χ4n) is 4.82. The van der Waals surface area contributed by atoms with Crippen LogP contribution < -0.4 is 9.64 Å². The van der Waals surface area contributed by atoms with Crippen molar-refractivity contribution in [3.05, 3.63) is 88.7 Å². The SMILES string of the molecule is Cc1cccc(C)c1OC[C@@H](O)Cn1c([C@@H]2CC(=O)N(c3ccc(Cl)cc3)C2)nc2ccccc21. The van der Waals surface area contributed by atoms with Gasteiger partial charge in [-0.1, -0.05) is 41.9 Å². The molecule has 1 fully saturated rings. The molecule has 7 heteroatoms. The first-order chi connectivity index (χ1) is 16.9. The molecule has 0 aliphatic carbocycles. The molecule has 35 heavy (non-hydrogen) atoms. The Labute approximate surface area is 209 Å². The second-order valence-electron chi connectivity index (χ2n) is 9.14. The zero-order chi connectivity index (χ0) is 24.5. The molecule has 0 saturated carbocycles. The molecule has 1 N–H and O–H groups in total. The molecule has 1 aliphatic heterocycles. The lowest BCUT2D eigenvalue weighted by atomic mass is 10.1. The van der Waals surface area contributed by atoms with E-state index in [0.29, 0.717) is 24.5 Å². The van der Waals surface area contributed by atoms with E-state index in [4.69, 9.17) is 21.3 Å².